The zero-order chi connectivity index (χ0) is 14.1. The maximum atomic E-state index is 3.94. The third-order valence-electron chi connectivity index (χ3n) is 4.64. The molecule has 1 fully saturated rings. The van der Waals surface area contributed by atoms with Gasteiger partial charge in [-0.05, 0) is 58.1 Å². The van der Waals surface area contributed by atoms with E-state index in [0.717, 1.165) is 6.54 Å². The summed E-state index contributed by atoms with van der Waals surface area (Å²) in [5.41, 5.74) is 3.20. The predicted octanol–water partition coefficient (Wildman–Crippen LogP) is 4.87. The molecule has 1 heterocycles. The second kappa shape index (κ2) is 5.13. The molecule has 1 saturated heterocycles. The molecule has 19 heavy (non-hydrogen) atoms. The van der Waals surface area contributed by atoms with Crippen LogP contribution in [-0.2, 0) is 6.54 Å². The van der Waals surface area contributed by atoms with Gasteiger partial charge in [0.2, 0.25) is 0 Å². The molecule has 0 atom stereocenters. The van der Waals surface area contributed by atoms with E-state index in [2.05, 4.69) is 63.4 Å². The number of likely N-dealkylation sites (tertiary alicyclic amines) is 1. The molecule has 0 radical (unpaired) electrons. The molecular weight excluding hydrogens is 230 g/mol. The Labute approximate surface area is 118 Å². The molecule has 1 aromatic rings. The monoisotopic (exact) mass is 257 g/mol. The van der Waals surface area contributed by atoms with Gasteiger partial charge in [-0.3, -0.25) is 4.90 Å². The Morgan fingerprint density at radius 3 is 2.26 bits per heavy atom. The van der Waals surface area contributed by atoms with E-state index in [1.165, 1.54) is 30.4 Å². The second-order valence-electron chi connectivity index (χ2n) is 6.97. The van der Waals surface area contributed by atoms with E-state index in [4.69, 9.17) is 0 Å². The Kier molecular flexibility index (Phi) is 3.87. The zero-order valence-corrected chi connectivity index (χ0v) is 12.9. The van der Waals surface area contributed by atoms with Gasteiger partial charge < -0.3 is 0 Å². The van der Waals surface area contributed by atoms with Crippen molar-refractivity contribution in [1.82, 2.24) is 4.90 Å². The highest BCUT2D eigenvalue weighted by molar-refractivity contribution is 5.51. The number of hydrogen-bond donors (Lipinski definition) is 0. The van der Waals surface area contributed by atoms with Crippen molar-refractivity contribution < 1.29 is 0 Å². The fourth-order valence-electron chi connectivity index (χ4n) is 3.52. The number of nitrogens with zero attached hydrogens (tertiary/aromatic N) is 1. The summed E-state index contributed by atoms with van der Waals surface area (Å²) < 4.78 is 0. The van der Waals surface area contributed by atoms with Gasteiger partial charge in [0.05, 0.1) is 0 Å². The first-order valence-electron chi connectivity index (χ1n) is 7.35. The molecule has 0 saturated carbocycles. The van der Waals surface area contributed by atoms with Crippen molar-refractivity contribution in [3.05, 3.63) is 42.0 Å². The fourth-order valence-corrected chi connectivity index (χ4v) is 3.52. The number of hydrogen-bond acceptors (Lipinski definition) is 1. The minimum Gasteiger partial charge on any atom is -0.289 e. The highest BCUT2D eigenvalue weighted by Gasteiger charge is 2.40. The van der Waals surface area contributed by atoms with Crippen LogP contribution in [-0.4, -0.2) is 16.0 Å². The van der Waals surface area contributed by atoms with E-state index >= 15 is 0 Å². The quantitative estimate of drug-likeness (QED) is 0.746. The standard InChI is InChI=1S/C18H27N/c1-6-15-10-7-8-11-16(15)14-19-17(2,3)12-9-13-18(19,4)5/h6-8,10-11H,1,9,12-14H2,2-5H3. The van der Waals surface area contributed by atoms with E-state index in [1.807, 2.05) is 6.08 Å². The van der Waals surface area contributed by atoms with Crippen LogP contribution in [0.4, 0.5) is 0 Å². The van der Waals surface area contributed by atoms with Crippen LogP contribution in [0.2, 0.25) is 0 Å². The molecule has 0 spiro atoms. The Bertz CT molecular complexity index is 441. The summed E-state index contributed by atoms with van der Waals surface area (Å²) in [6, 6.07) is 8.61. The molecule has 0 unspecified atom stereocenters. The summed E-state index contributed by atoms with van der Waals surface area (Å²) >= 11 is 0. The molecule has 0 amide bonds. The zero-order valence-electron chi connectivity index (χ0n) is 12.9. The first-order valence-corrected chi connectivity index (χ1v) is 7.35. The summed E-state index contributed by atoms with van der Waals surface area (Å²) in [4.78, 5) is 2.67. The van der Waals surface area contributed by atoms with Crippen LogP contribution < -0.4 is 0 Å². The second-order valence-corrected chi connectivity index (χ2v) is 6.97. The maximum Gasteiger partial charge on any atom is 0.0250 e. The topological polar surface area (TPSA) is 3.24 Å². The van der Waals surface area contributed by atoms with Crippen molar-refractivity contribution in [1.29, 1.82) is 0 Å². The van der Waals surface area contributed by atoms with E-state index in [-0.39, 0.29) is 11.1 Å². The van der Waals surface area contributed by atoms with Gasteiger partial charge in [0.15, 0.2) is 0 Å². The third kappa shape index (κ3) is 2.92. The molecule has 1 heteroatoms. The summed E-state index contributed by atoms with van der Waals surface area (Å²) in [5, 5.41) is 0. The van der Waals surface area contributed by atoms with Gasteiger partial charge in [-0.25, -0.2) is 0 Å². The van der Waals surface area contributed by atoms with Crippen molar-refractivity contribution in [2.45, 2.75) is 64.6 Å². The average molecular weight is 257 g/mol. The third-order valence-corrected chi connectivity index (χ3v) is 4.64. The lowest BCUT2D eigenvalue weighted by Gasteiger charge is -2.53. The Balaban J connectivity index is 2.31. The SMILES string of the molecule is C=Cc1ccccc1CN1C(C)(C)CCCC1(C)C. The largest absolute Gasteiger partial charge is 0.289 e. The van der Waals surface area contributed by atoms with Crippen LogP contribution >= 0.6 is 0 Å². The van der Waals surface area contributed by atoms with Gasteiger partial charge in [-0.2, -0.15) is 0 Å². The molecule has 1 aliphatic heterocycles. The van der Waals surface area contributed by atoms with E-state index in [1.54, 1.807) is 0 Å². The van der Waals surface area contributed by atoms with Gasteiger partial charge in [-0.15, -0.1) is 0 Å². The van der Waals surface area contributed by atoms with Gasteiger partial charge >= 0.3 is 0 Å². The van der Waals surface area contributed by atoms with Crippen LogP contribution in [0.5, 0.6) is 0 Å². The summed E-state index contributed by atoms with van der Waals surface area (Å²) in [5.74, 6) is 0. The highest BCUT2D eigenvalue weighted by atomic mass is 15.3. The van der Waals surface area contributed by atoms with Crippen LogP contribution in [0.3, 0.4) is 0 Å². The van der Waals surface area contributed by atoms with Gasteiger partial charge in [-0.1, -0.05) is 36.9 Å². The molecule has 0 N–H and O–H groups in total. The first-order chi connectivity index (χ1) is 8.87. The fraction of sp³-hybridized carbons (Fsp3) is 0.556. The van der Waals surface area contributed by atoms with Crippen molar-refractivity contribution >= 4 is 6.08 Å². The molecule has 0 aliphatic carbocycles. The summed E-state index contributed by atoms with van der Waals surface area (Å²) in [6.45, 7) is 14.5. The number of piperidine rings is 1. The van der Waals surface area contributed by atoms with Crippen LogP contribution in [0, 0.1) is 0 Å². The van der Waals surface area contributed by atoms with Gasteiger partial charge in [0, 0.05) is 17.6 Å². The lowest BCUT2D eigenvalue weighted by Crippen LogP contribution is -2.57. The Morgan fingerprint density at radius 2 is 1.68 bits per heavy atom. The molecular formula is C18H27N. The van der Waals surface area contributed by atoms with Crippen molar-refractivity contribution in [3.8, 4) is 0 Å². The van der Waals surface area contributed by atoms with E-state index in [9.17, 15) is 0 Å². The lowest BCUT2D eigenvalue weighted by atomic mass is 9.79. The lowest BCUT2D eigenvalue weighted by molar-refractivity contribution is -0.0340. The molecule has 1 aliphatic rings. The van der Waals surface area contributed by atoms with Gasteiger partial charge in [0.1, 0.15) is 0 Å². The smallest absolute Gasteiger partial charge is 0.0250 e. The predicted molar refractivity (Wildman–Crippen MR) is 84.1 cm³/mol. The van der Waals surface area contributed by atoms with Crippen LogP contribution in [0.1, 0.15) is 58.1 Å². The molecule has 0 aromatic heterocycles. The number of rotatable bonds is 3. The molecule has 0 bridgehead atoms. The molecule has 2 rings (SSSR count). The normalized spacial score (nSPS) is 22.1. The van der Waals surface area contributed by atoms with Crippen molar-refractivity contribution in [3.63, 3.8) is 0 Å². The first kappa shape index (κ1) is 14.3. The van der Waals surface area contributed by atoms with Crippen molar-refractivity contribution in [2.75, 3.05) is 0 Å². The molecule has 1 aromatic carbocycles. The Morgan fingerprint density at radius 1 is 1.11 bits per heavy atom. The summed E-state index contributed by atoms with van der Waals surface area (Å²) in [7, 11) is 0. The molecule has 104 valence electrons. The number of benzene rings is 1. The Hall–Kier alpha value is -1.08. The van der Waals surface area contributed by atoms with E-state index < -0.39 is 0 Å². The van der Waals surface area contributed by atoms with Crippen molar-refractivity contribution in [2.24, 2.45) is 0 Å². The minimum atomic E-state index is 0.274. The highest BCUT2D eigenvalue weighted by Crippen LogP contribution is 2.39. The van der Waals surface area contributed by atoms with Crippen LogP contribution in [0.25, 0.3) is 6.08 Å². The summed E-state index contributed by atoms with van der Waals surface area (Å²) in [6.07, 6.45) is 5.87. The maximum absolute atomic E-state index is 3.94. The van der Waals surface area contributed by atoms with Gasteiger partial charge in [0.25, 0.3) is 0 Å². The average Bonchev–Trinajstić information content (AvgIpc) is 2.34. The van der Waals surface area contributed by atoms with Crippen LogP contribution in [0.15, 0.2) is 30.8 Å². The molecule has 1 nitrogen and oxygen atoms in total. The van der Waals surface area contributed by atoms with E-state index in [0.29, 0.717) is 0 Å². The minimum absolute atomic E-state index is 0.274.